The van der Waals surface area contributed by atoms with Gasteiger partial charge in [-0.2, -0.15) is 0 Å². The minimum atomic E-state index is 0.0638. The molecule has 1 unspecified atom stereocenters. The van der Waals surface area contributed by atoms with Gasteiger partial charge in [0.05, 0.1) is 6.04 Å². The van der Waals surface area contributed by atoms with Crippen LogP contribution in [0.15, 0.2) is 30.3 Å². The number of hydrogen-bond acceptors (Lipinski definition) is 1. The second-order valence-electron chi connectivity index (χ2n) is 4.28. The molecule has 2 amide bonds. The molecule has 0 saturated carbocycles. The summed E-state index contributed by atoms with van der Waals surface area (Å²) in [7, 11) is 0. The van der Waals surface area contributed by atoms with Crippen LogP contribution in [0.5, 0.6) is 0 Å². The number of hydrogen-bond donors (Lipinski definition) is 1. The van der Waals surface area contributed by atoms with Gasteiger partial charge in [-0.15, -0.1) is 0 Å². The highest BCUT2D eigenvalue weighted by Crippen LogP contribution is 2.13. The molecule has 3 nitrogen and oxygen atoms in total. The van der Waals surface area contributed by atoms with Crippen molar-refractivity contribution in [2.45, 2.75) is 25.8 Å². The average Bonchev–Trinajstić information content (AvgIpc) is 2.83. The molecule has 1 aliphatic rings. The predicted octanol–water partition coefficient (Wildman–Crippen LogP) is 2.55. The molecule has 86 valence electrons. The van der Waals surface area contributed by atoms with Crippen molar-refractivity contribution in [2.75, 3.05) is 13.1 Å². The van der Waals surface area contributed by atoms with Crippen molar-refractivity contribution in [3.63, 3.8) is 0 Å². The molecule has 1 saturated heterocycles. The van der Waals surface area contributed by atoms with Crippen molar-refractivity contribution in [1.82, 2.24) is 10.2 Å². The molecule has 1 atom stereocenters. The molecular weight excluding hydrogens is 200 g/mol. The zero-order chi connectivity index (χ0) is 11.4. The van der Waals surface area contributed by atoms with Crippen LogP contribution >= 0.6 is 0 Å². The van der Waals surface area contributed by atoms with Crippen molar-refractivity contribution in [1.29, 1.82) is 0 Å². The normalized spacial score (nSPS) is 17.2. The smallest absolute Gasteiger partial charge is 0.317 e. The average molecular weight is 218 g/mol. The van der Waals surface area contributed by atoms with Crippen LogP contribution in [-0.2, 0) is 0 Å². The summed E-state index contributed by atoms with van der Waals surface area (Å²) in [6, 6.07) is 10.2. The fraction of sp³-hybridized carbons (Fsp3) is 0.462. The van der Waals surface area contributed by atoms with Crippen LogP contribution in [0.3, 0.4) is 0 Å². The zero-order valence-corrected chi connectivity index (χ0v) is 9.65. The summed E-state index contributed by atoms with van der Waals surface area (Å²) in [5.41, 5.74) is 1.15. The van der Waals surface area contributed by atoms with Crippen LogP contribution < -0.4 is 5.32 Å². The molecule has 0 bridgehead atoms. The number of amides is 2. The van der Waals surface area contributed by atoms with Gasteiger partial charge in [0.1, 0.15) is 0 Å². The van der Waals surface area contributed by atoms with E-state index in [-0.39, 0.29) is 12.1 Å². The van der Waals surface area contributed by atoms with Crippen molar-refractivity contribution >= 4 is 6.03 Å². The molecule has 0 aliphatic carbocycles. The second-order valence-corrected chi connectivity index (χ2v) is 4.28. The Balaban J connectivity index is 1.92. The highest BCUT2D eigenvalue weighted by molar-refractivity contribution is 5.74. The first kappa shape index (κ1) is 11.0. The van der Waals surface area contributed by atoms with Gasteiger partial charge < -0.3 is 10.2 Å². The standard InChI is InChI=1S/C13H18N2O/c1-11(12-7-3-2-4-8-12)14-13(16)15-9-5-6-10-15/h2-4,7-8,11H,5-6,9-10H2,1H3,(H,14,16). The Morgan fingerprint density at radius 1 is 1.25 bits per heavy atom. The van der Waals surface area contributed by atoms with Crippen molar-refractivity contribution in [2.24, 2.45) is 0 Å². The first-order valence-electron chi connectivity index (χ1n) is 5.88. The third kappa shape index (κ3) is 2.54. The summed E-state index contributed by atoms with van der Waals surface area (Å²) in [6.45, 7) is 3.81. The number of nitrogens with zero attached hydrogens (tertiary/aromatic N) is 1. The third-order valence-electron chi connectivity index (χ3n) is 3.03. The Hall–Kier alpha value is -1.51. The highest BCUT2D eigenvalue weighted by Gasteiger charge is 2.19. The molecule has 16 heavy (non-hydrogen) atoms. The monoisotopic (exact) mass is 218 g/mol. The maximum Gasteiger partial charge on any atom is 0.317 e. The molecule has 2 rings (SSSR count). The van der Waals surface area contributed by atoms with E-state index in [1.807, 2.05) is 42.2 Å². The van der Waals surface area contributed by atoms with Gasteiger partial charge in [-0.1, -0.05) is 30.3 Å². The lowest BCUT2D eigenvalue weighted by atomic mass is 10.1. The van der Waals surface area contributed by atoms with Crippen LogP contribution in [0.4, 0.5) is 4.79 Å². The highest BCUT2D eigenvalue weighted by atomic mass is 16.2. The summed E-state index contributed by atoms with van der Waals surface area (Å²) in [5, 5.41) is 3.03. The van der Waals surface area contributed by atoms with Crippen LogP contribution in [0.2, 0.25) is 0 Å². The van der Waals surface area contributed by atoms with Gasteiger partial charge in [-0.25, -0.2) is 4.79 Å². The summed E-state index contributed by atoms with van der Waals surface area (Å²) in [5.74, 6) is 0. The molecule has 0 spiro atoms. The Kier molecular flexibility index (Phi) is 3.44. The van der Waals surface area contributed by atoms with Gasteiger partial charge in [0, 0.05) is 13.1 Å². The zero-order valence-electron chi connectivity index (χ0n) is 9.65. The summed E-state index contributed by atoms with van der Waals surface area (Å²) < 4.78 is 0. The second kappa shape index (κ2) is 5.01. The molecule has 1 aromatic carbocycles. The topological polar surface area (TPSA) is 32.3 Å². The lowest BCUT2D eigenvalue weighted by molar-refractivity contribution is 0.205. The number of urea groups is 1. The van der Waals surface area contributed by atoms with Gasteiger partial charge in [0.25, 0.3) is 0 Å². The molecule has 3 heteroatoms. The van der Waals surface area contributed by atoms with E-state index in [2.05, 4.69) is 5.32 Å². The molecule has 1 heterocycles. The van der Waals surface area contributed by atoms with Crippen LogP contribution in [0, 0.1) is 0 Å². The maximum atomic E-state index is 11.8. The van der Waals surface area contributed by atoms with E-state index in [9.17, 15) is 4.79 Å². The van der Waals surface area contributed by atoms with Crippen LogP contribution in [0.1, 0.15) is 31.4 Å². The quantitative estimate of drug-likeness (QED) is 0.813. The van der Waals surface area contributed by atoms with E-state index in [4.69, 9.17) is 0 Å². The Morgan fingerprint density at radius 2 is 1.88 bits per heavy atom. The molecule has 1 aliphatic heterocycles. The summed E-state index contributed by atoms with van der Waals surface area (Å²) in [4.78, 5) is 13.7. The number of carbonyl (C=O) groups is 1. The van der Waals surface area contributed by atoms with E-state index < -0.39 is 0 Å². The lowest BCUT2D eigenvalue weighted by Gasteiger charge is -2.20. The van der Waals surface area contributed by atoms with Crippen LogP contribution in [-0.4, -0.2) is 24.0 Å². The van der Waals surface area contributed by atoms with Crippen LogP contribution in [0.25, 0.3) is 0 Å². The molecule has 1 fully saturated rings. The number of likely N-dealkylation sites (tertiary alicyclic amines) is 1. The predicted molar refractivity (Wildman–Crippen MR) is 64.2 cm³/mol. The SMILES string of the molecule is CC(NC(=O)N1CCCC1)c1ccccc1. The molecule has 1 N–H and O–H groups in total. The molecule has 0 aromatic heterocycles. The van der Waals surface area contributed by atoms with Gasteiger partial charge >= 0.3 is 6.03 Å². The van der Waals surface area contributed by atoms with Crippen molar-refractivity contribution < 1.29 is 4.79 Å². The Morgan fingerprint density at radius 3 is 2.50 bits per heavy atom. The number of nitrogens with one attached hydrogen (secondary N) is 1. The van der Waals surface area contributed by atoms with Crippen molar-refractivity contribution in [3.8, 4) is 0 Å². The first-order valence-corrected chi connectivity index (χ1v) is 5.88. The van der Waals surface area contributed by atoms with Gasteiger partial charge in [-0.3, -0.25) is 0 Å². The summed E-state index contributed by atoms with van der Waals surface area (Å²) >= 11 is 0. The van der Waals surface area contributed by atoms with Gasteiger partial charge in [0.15, 0.2) is 0 Å². The van der Waals surface area contributed by atoms with E-state index in [1.54, 1.807) is 0 Å². The molecule has 0 radical (unpaired) electrons. The largest absolute Gasteiger partial charge is 0.331 e. The third-order valence-corrected chi connectivity index (χ3v) is 3.03. The minimum absolute atomic E-state index is 0.0638. The van der Waals surface area contributed by atoms with E-state index in [0.29, 0.717) is 0 Å². The first-order chi connectivity index (χ1) is 7.77. The minimum Gasteiger partial charge on any atom is -0.331 e. The number of carbonyl (C=O) groups excluding carboxylic acids is 1. The number of benzene rings is 1. The van der Waals surface area contributed by atoms with Crippen molar-refractivity contribution in [3.05, 3.63) is 35.9 Å². The maximum absolute atomic E-state index is 11.8. The summed E-state index contributed by atoms with van der Waals surface area (Å²) in [6.07, 6.45) is 2.26. The fourth-order valence-electron chi connectivity index (χ4n) is 2.02. The lowest BCUT2D eigenvalue weighted by Crippen LogP contribution is -2.39. The van der Waals surface area contributed by atoms with E-state index in [0.717, 1.165) is 31.5 Å². The molecule has 1 aromatic rings. The van der Waals surface area contributed by atoms with Gasteiger partial charge in [0.2, 0.25) is 0 Å². The Labute approximate surface area is 96.5 Å². The van der Waals surface area contributed by atoms with Gasteiger partial charge in [-0.05, 0) is 25.3 Å². The molecular formula is C13H18N2O. The fourth-order valence-corrected chi connectivity index (χ4v) is 2.02. The van der Waals surface area contributed by atoms with E-state index in [1.165, 1.54) is 0 Å². The number of rotatable bonds is 2. The Bertz CT molecular complexity index is 344. The van der Waals surface area contributed by atoms with E-state index >= 15 is 0 Å².